The average Bonchev–Trinajstić information content (AvgIpc) is 3.12. The summed E-state index contributed by atoms with van der Waals surface area (Å²) >= 11 is 0. The van der Waals surface area contributed by atoms with Crippen LogP contribution in [0.3, 0.4) is 0 Å². The summed E-state index contributed by atoms with van der Waals surface area (Å²) in [5, 5.41) is 4.36. The van der Waals surface area contributed by atoms with Gasteiger partial charge in [0.05, 0.1) is 13.7 Å². The van der Waals surface area contributed by atoms with Gasteiger partial charge in [-0.05, 0) is 30.3 Å². The van der Waals surface area contributed by atoms with Gasteiger partial charge in [0.15, 0.2) is 0 Å². The van der Waals surface area contributed by atoms with Crippen molar-refractivity contribution in [3.05, 3.63) is 71.7 Å². The van der Waals surface area contributed by atoms with E-state index in [0.717, 1.165) is 11.3 Å². The highest BCUT2D eigenvalue weighted by molar-refractivity contribution is 6.05. The van der Waals surface area contributed by atoms with Crippen molar-refractivity contribution < 1.29 is 18.7 Å². The number of carbonyl (C=O) groups is 1. The van der Waals surface area contributed by atoms with E-state index >= 15 is 0 Å². The molecule has 0 N–H and O–H groups in total. The Morgan fingerprint density at radius 2 is 1.89 bits per heavy atom. The Hall–Kier alpha value is -3.35. The standard InChI is InChI=1S/C20H18FN3O3/c1-26-18-5-3-2-4-14(18)13-27-19-12-17-20(25)23(10-11-24(17)22-19)16-8-6-15(21)7-9-16/h2-9,12H,10-11,13H2,1H3. The van der Waals surface area contributed by atoms with Crippen LogP contribution in [0.25, 0.3) is 0 Å². The van der Waals surface area contributed by atoms with E-state index in [4.69, 9.17) is 9.47 Å². The Balaban J connectivity index is 1.51. The van der Waals surface area contributed by atoms with E-state index in [1.807, 2.05) is 24.3 Å². The number of methoxy groups -OCH3 is 1. The number of benzene rings is 2. The second-order valence-electron chi connectivity index (χ2n) is 6.12. The third-order valence-electron chi connectivity index (χ3n) is 4.46. The van der Waals surface area contributed by atoms with Gasteiger partial charge in [-0.15, -0.1) is 5.10 Å². The van der Waals surface area contributed by atoms with Gasteiger partial charge in [0.2, 0.25) is 5.88 Å². The SMILES string of the molecule is COc1ccccc1COc1cc2n(n1)CCN(c1ccc(F)cc1)C2=O. The molecule has 4 rings (SSSR count). The molecule has 0 radical (unpaired) electrons. The largest absolute Gasteiger partial charge is 0.496 e. The highest BCUT2D eigenvalue weighted by Crippen LogP contribution is 2.25. The van der Waals surface area contributed by atoms with Gasteiger partial charge < -0.3 is 14.4 Å². The Morgan fingerprint density at radius 1 is 1.11 bits per heavy atom. The zero-order valence-electron chi connectivity index (χ0n) is 14.8. The van der Waals surface area contributed by atoms with Gasteiger partial charge in [-0.25, -0.2) is 4.39 Å². The van der Waals surface area contributed by atoms with E-state index in [2.05, 4.69) is 5.10 Å². The van der Waals surface area contributed by atoms with Crippen molar-refractivity contribution in [3.8, 4) is 11.6 Å². The van der Waals surface area contributed by atoms with E-state index in [-0.39, 0.29) is 18.3 Å². The third kappa shape index (κ3) is 3.36. The lowest BCUT2D eigenvalue weighted by atomic mass is 10.2. The van der Waals surface area contributed by atoms with Crippen molar-refractivity contribution in [2.24, 2.45) is 0 Å². The number of aromatic nitrogens is 2. The van der Waals surface area contributed by atoms with E-state index in [1.165, 1.54) is 12.1 Å². The van der Waals surface area contributed by atoms with Crippen molar-refractivity contribution >= 4 is 11.6 Å². The molecule has 0 atom stereocenters. The fourth-order valence-corrected chi connectivity index (χ4v) is 3.08. The summed E-state index contributed by atoms with van der Waals surface area (Å²) < 4.78 is 25.8. The van der Waals surface area contributed by atoms with E-state index in [9.17, 15) is 9.18 Å². The quantitative estimate of drug-likeness (QED) is 0.695. The average molecular weight is 367 g/mol. The molecule has 7 heteroatoms. The molecule has 6 nitrogen and oxygen atoms in total. The Labute approximate surface area is 155 Å². The zero-order chi connectivity index (χ0) is 18.8. The number of nitrogens with zero attached hydrogens (tertiary/aromatic N) is 3. The van der Waals surface area contributed by atoms with Gasteiger partial charge in [0, 0.05) is 23.9 Å². The van der Waals surface area contributed by atoms with Crippen LogP contribution in [0.4, 0.5) is 10.1 Å². The topological polar surface area (TPSA) is 56.6 Å². The summed E-state index contributed by atoms with van der Waals surface area (Å²) in [4.78, 5) is 14.4. The molecule has 138 valence electrons. The molecule has 2 aromatic carbocycles. The minimum absolute atomic E-state index is 0.188. The van der Waals surface area contributed by atoms with Crippen molar-refractivity contribution in [3.63, 3.8) is 0 Å². The van der Waals surface area contributed by atoms with Crippen LogP contribution in [0.15, 0.2) is 54.6 Å². The van der Waals surface area contributed by atoms with Gasteiger partial charge in [-0.3, -0.25) is 9.48 Å². The second-order valence-corrected chi connectivity index (χ2v) is 6.12. The number of ether oxygens (including phenoxy) is 2. The normalized spacial score (nSPS) is 13.4. The van der Waals surface area contributed by atoms with Crippen molar-refractivity contribution in [1.82, 2.24) is 9.78 Å². The Morgan fingerprint density at radius 3 is 2.67 bits per heavy atom. The summed E-state index contributed by atoms with van der Waals surface area (Å²) in [6.07, 6.45) is 0. The second kappa shape index (κ2) is 7.11. The molecule has 0 aliphatic carbocycles. The zero-order valence-corrected chi connectivity index (χ0v) is 14.8. The third-order valence-corrected chi connectivity index (χ3v) is 4.46. The monoisotopic (exact) mass is 367 g/mol. The lowest BCUT2D eigenvalue weighted by Crippen LogP contribution is -2.40. The van der Waals surface area contributed by atoms with Crippen LogP contribution in [0.5, 0.6) is 11.6 Å². The summed E-state index contributed by atoms with van der Waals surface area (Å²) in [6.45, 7) is 1.29. The molecular formula is C20H18FN3O3. The van der Waals surface area contributed by atoms with E-state index < -0.39 is 0 Å². The van der Waals surface area contributed by atoms with Crippen LogP contribution in [0, 0.1) is 5.82 Å². The molecule has 0 saturated heterocycles. The minimum atomic E-state index is -0.333. The molecule has 0 bridgehead atoms. The van der Waals surface area contributed by atoms with Crippen LogP contribution in [0.1, 0.15) is 16.1 Å². The minimum Gasteiger partial charge on any atom is -0.496 e. The molecule has 1 amide bonds. The van der Waals surface area contributed by atoms with Gasteiger partial charge in [-0.2, -0.15) is 0 Å². The lowest BCUT2D eigenvalue weighted by Gasteiger charge is -2.27. The van der Waals surface area contributed by atoms with Gasteiger partial charge >= 0.3 is 0 Å². The molecule has 0 unspecified atom stereocenters. The maximum Gasteiger partial charge on any atom is 0.276 e. The summed E-state index contributed by atoms with van der Waals surface area (Å²) in [5.74, 6) is 0.595. The van der Waals surface area contributed by atoms with Gasteiger partial charge in [0.25, 0.3) is 5.91 Å². The number of hydrogen-bond donors (Lipinski definition) is 0. The molecule has 27 heavy (non-hydrogen) atoms. The van der Waals surface area contributed by atoms with E-state index in [1.54, 1.807) is 34.9 Å². The molecule has 1 aromatic heterocycles. The van der Waals surface area contributed by atoms with Crippen molar-refractivity contribution in [2.45, 2.75) is 13.2 Å². The number of hydrogen-bond acceptors (Lipinski definition) is 4. The highest BCUT2D eigenvalue weighted by Gasteiger charge is 2.28. The van der Waals surface area contributed by atoms with Crippen molar-refractivity contribution in [2.75, 3.05) is 18.6 Å². The fraction of sp³-hybridized carbons (Fsp3) is 0.200. The smallest absolute Gasteiger partial charge is 0.276 e. The van der Waals surface area contributed by atoms with Gasteiger partial charge in [-0.1, -0.05) is 18.2 Å². The molecule has 0 saturated carbocycles. The number of amides is 1. The lowest BCUT2D eigenvalue weighted by molar-refractivity contribution is 0.0962. The summed E-state index contributed by atoms with van der Waals surface area (Å²) in [5.41, 5.74) is 2.00. The predicted molar refractivity (Wildman–Crippen MR) is 97.6 cm³/mol. The first-order chi connectivity index (χ1) is 13.2. The van der Waals surface area contributed by atoms with Crippen LogP contribution in [0.2, 0.25) is 0 Å². The number of carbonyl (C=O) groups excluding carboxylic acids is 1. The molecular weight excluding hydrogens is 349 g/mol. The van der Waals surface area contributed by atoms with Crippen LogP contribution in [-0.2, 0) is 13.2 Å². The summed E-state index contributed by atoms with van der Waals surface area (Å²) in [6, 6.07) is 15.1. The molecule has 0 fully saturated rings. The molecule has 0 spiro atoms. The first-order valence-corrected chi connectivity index (χ1v) is 8.55. The van der Waals surface area contributed by atoms with Crippen LogP contribution in [-0.4, -0.2) is 29.3 Å². The Bertz CT molecular complexity index is 969. The van der Waals surface area contributed by atoms with E-state index in [0.29, 0.717) is 30.4 Å². The molecule has 1 aliphatic rings. The number of para-hydroxylation sites is 1. The number of anilines is 1. The summed E-state index contributed by atoms with van der Waals surface area (Å²) in [7, 11) is 1.61. The maximum absolute atomic E-state index is 13.1. The predicted octanol–water partition coefficient (Wildman–Crippen LogP) is 3.27. The van der Waals surface area contributed by atoms with Crippen molar-refractivity contribution in [1.29, 1.82) is 0 Å². The highest BCUT2D eigenvalue weighted by atomic mass is 19.1. The number of rotatable bonds is 5. The maximum atomic E-state index is 13.1. The van der Waals surface area contributed by atoms with Crippen LogP contribution >= 0.6 is 0 Å². The molecule has 1 aliphatic heterocycles. The fourth-order valence-electron chi connectivity index (χ4n) is 3.08. The Kier molecular flexibility index (Phi) is 4.50. The van der Waals surface area contributed by atoms with Gasteiger partial charge in [0.1, 0.15) is 23.9 Å². The first kappa shape index (κ1) is 17.1. The number of halogens is 1. The van der Waals surface area contributed by atoms with Crippen LogP contribution < -0.4 is 14.4 Å². The first-order valence-electron chi connectivity index (χ1n) is 8.55. The molecule has 3 aromatic rings. The number of fused-ring (bicyclic) bond motifs is 1. The molecule has 2 heterocycles.